The molecule has 0 aliphatic carbocycles. The Morgan fingerprint density at radius 3 is 2.09 bits per heavy atom. The average molecular weight is 477 g/mol. The van der Waals surface area contributed by atoms with Gasteiger partial charge in [0.25, 0.3) is 0 Å². The SMILES string of the molecule is CC(N)C(=O)NC(Cc1cnc[nH]1)C(=O)NC(Cc1ccccc1)C(=O)NC(CS)C(=O)O. The van der Waals surface area contributed by atoms with E-state index in [1.807, 2.05) is 6.07 Å². The van der Waals surface area contributed by atoms with E-state index in [2.05, 4.69) is 38.5 Å². The summed E-state index contributed by atoms with van der Waals surface area (Å²) < 4.78 is 0. The number of rotatable bonds is 12. The van der Waals surface area contributed by atoms with Crippen molar-refractivity contribution < 1.29 is 24.3 Å². The number of carboxylic acid groups (broad SMARTS) is 1. The molecule has 4 unspecified atom stereocenters. The fraction of sp³-hybridized carbons (Fsp3) is 0.381. The van der Waals surface area contributed by atoms with Crippen molar-refractivity contribution in [2.24, 2.45) is 5.73 Å². The van der Waals surface area contributed by atoms with Crippen LogP contribution < -0.4 is 21.7 Å². The summed E-state index contributed by atoms with van der Waals surface area (Å²) >= 11 is 3.95. The molecule has 2 aromatic rings. The summed E-state index contributed by atoms with van der Waals surface area (Å²) in [5.74, 6) is -3.23. The van der Waals surface area contributed by atoms with Gasteiger partial charge in [-0.1, -0.05) is 30.3 Å². The highest BCUT2D eigenvalue weighted by Crippen LogP contribution is 2.06. The van der Waals surface area contributed by atoms with Crippen molar-refractivity contribution in [2.45, 2.75) is 43.9 Å². The number of hydrogen-bond donors (Lipinski definition) is 7. The number of aliphatic carboxylic acids is 1. The van der Waals surface area contributed by atoms with Crippen LogP contribution in [-0.2, 0) is 32.0 Å². The van der Waals surface area contributed by atoms with Gasteiger partial charge in [0.1, 0.15) is 18.1 Å². The van der Waals surface area contributed by atoms with E-state index in [0.717, 1.165) is 5.56 Å². The Hall–Kier alpha value is -3.38. The van der Waals surface area contributed by atoms with Crippen LogP contribution in [0.1, 0.15) is 18.2 Å². The molecule has 1 aromatic heterocycles. The summed E-state index contributed by atoms with van der Waals surface area (Å²) in [7, 11) is 0. The Labute approximate surface area is 196 Å². The van der Waals surface area contributed by atoms with Crippen LogP contribution in [-0.4, -0.2) is 68.7 Å². The fourth-order valence-corrected chi connectivity index (χ4v) is 3.17. The van der Waals surface area contributed by atoms with E-state index >= 15 is 0 Å². The molecule has 0 spiro atoms. The molecule has 0 bridgehead atoms. The number of nitrogens with two attached hydrogens (primary N) is 1. The summed E-state index contributed by atoms with van der Waals surface area (Å²) in [6.07, 6.45) is 3.14. The molecule has 1 heterocycles. The number of H-pyrrole nitrogens is 1. The first-order valence-electron chi connectivity index (χ1n) is 10.2. The highest BCUT2D eigenvalue weighted by molar-refractivity contribution is 7.80. The van der Waals surface area contributed by atoms with Gasteiger partial charge in [-0.3, -0.25) is 14.4 Å². The maximum atomic E-state index is 13.1. The largest absolute Gasteiger partial charge is 0.480 e. The molecule has 0 saturated heterocycles. The van der Waals surface area contributed by atoms with Crippen LogP contribution in [0, 0.1) is 0 Å². The molecule has 0 fully saturated rings. The Kier molecular flexibility index (Phi) is 9.88. The van der Waals surface area contributed by atoms with E-state index < -0.39 is 47.9 Å². The molecule has 0 radical (unpaired) electrons. The number of amides is 3. The molecule has 33 heavy (non-hydrogen) atoms. The lowest BCUT2D eigenvalue weighted by Crippen LogP contribution is -2.58. The number of carbonyl (C=O) groups excluding carboxylic acids is 3. The third-order valence-electron chi connectivity index (χ3n) is 4.74. The number of benzene rings is 1. The predicted molar refractivity (Wildman–Crippen MR) is 123 cm³/mol. The lowest BCUT2D eigenvalue weighted by molar-refractivity contribution is -0.141. The Balaban J connectivity index is 2.23. The summed E-state index contributed by atoms with van der Waals surface area (Å²) in [4.78, 5) is 56.2. The number of thiol groups is 1. The third kappa shape index (κ3) is 8.24. The zero-order chi connectivity index (χ0) is 24.4. The van der Waals surface area contributed by atoms with Gasteiger partial charge in [-0.05, 0) is 12.5 Å². The van der Waals surface area contributed by atoms with Gasteiger partial charge in [0.15, 0.2) is 0 Å². The van der Waals surface area contributed by atoms with E-state index in [9.17, 15) is 24.3 Å². The summed E-state index contributed by atoms with van der Waals surface area (Å²) in [5.41, 5.74) is 6.96. The highest BCUT2D eigenvalue weighted by Gasteiger charge is 2.30. The number of nitrogens with one attached hydrogen (secondary N) is 4. The van der Waals surface area contributed by atoms with Crippen molar-refractivity contribution in [3.63, 3.8) is 0 Å². The van der Waals surface area contributed by atoms with Gasteiger partial charge in [-0.2, -0.15) is 12.6 Å². The highest BCUT2D eigenvalue weighted by atomic mass is 32.1. The zero-order valence-corrected chi connectivity index (χ0v) is 18.9. The molecule has 12 heteroatoms. The quantitative estimate of drug-likeness (QED) is 0.192. The smallest absolute Gasteiger partial charge is 0.327 e. The minimum absolute atomic E-state index is 0.0817. The van der Waals surface area contributed by atoms with Gasteiger partial charge in [-0.15, -0.1) is 0 Å². The Bertz CT molecular complexity index is 938. The van der Waals surface area contributed by atoms with Gasteiger partial charge < -0.3 is 31.8 Å². The molecular formula is C21H28N6O5S. The van der Waals surface area contributed by atoms with Crippen molar-refractivity contribution in [3.05, 3.63) is 54.1 Å². The van der Waals surface area contributed by atoms with Crippen LogP contribution >= 0.6 is 12.6 Å². The first kappa shape index (κ1) is 25.9. The molecule has 178 valence electrons. The van der Waals surface area contributed by atoms with Crippen LogP contribution in [0.4, 0.5) is 0 Å². The molecule has 4 atom stereocenters. The predicted octanol–water partition coefficient (Wildman–Crippen LogP) is -0.989. The number of aromatic nitrogens is 2. The lowest BCUT2D eigenvalue weighted by Gasteiger charge is -2.24. The van der Waals surface area contributed by atoms with E-state index in [1.165, 1.54) is 19.4 Å². The van der Waals surface area contributed by atoms with Crippen LogP contribution in [0.5, 0.6) is 0 Å². The minimum atomic E-state index is -1.25. The zero-order valence-electron chi connectivity index (χ0n) is 18.0. The second-order valence-corrected chi connectivity index (χ2v) is 7.83. The normalized spacial score (nSPS) is 14.4. The molecule has 0 saturated carbocycles. The van der Waals surface area contributed by atoms with Crippen LogP contribution in [0.15, 0.2) is 42.9 Å². The molecule has 0 aliphatic heterocycles. The van der Waals surface area contributed by atoms with Crippen molar-refractivity contribution >= 4 is 36.3 Å². The number of nitrogens with zero attached hydrogens (tertiary/aromatic N) is 1. The molecule has 0 aliphatic rings. The summed E-state index contributed by atoms with van der Waals surface area (Å²) in [6.45, 7) is 1.48. The van der Waals surface area contributed by atoms with Gasteiger partial charge in [-0.25, -0.2) is 9.78 Å². The van der Waals surface area contributed by atoms with Crippen LogP contribution in [0.2, 0.25) is 0 Å². The van der Waals surface area contributed by atoms with Crippen molar-refractivity contribution in [3.8, 4) is 0 Å². The topological polar surface area (TPSA) is 179 Å². The first-order valence-corrected chi connectivity index (χ1v) is 10.9. The molecule has 11 nitrogen and oxygen atoms in total. The van der Waals surface area contributed by atoms with E-state index in [1.54, 1.807) is 24.3 Å². The Morgan fingerprint density at radius 2 is 1.58 bits per heavy atom. The molecule has 2 rings (SSSR count). The standard InChI is InChI=1S/C21H28N6O5S/c1-12(22)18(28)25-16(8-14-9-23-11-24-14)20(30)26-15(7-13-5-3-2-4-6-13)19(29)27-17(10-33)21(31)32/h2-6,9,11-12,15-17,33H,7-8,10,22H2,1H3,(H,23,24)(H,25,28)(H,26,30)(H,27,29)(H,31,32). The van der Waals surface area contributed by atoms with Crippen LogP contribution in [0.25, 0.3) is 0 Å². The molecular weight excluding hydrogens is 448 g/mol. The van der Waals surface area contributed by atoms with E-state index in [-0.39, 0.29) is 18.6 Å². The number of carbonyl (C=O) groups is 4. The molecule has 1 aromatic carbocycles. The summed E-state index contributed by atoms with van der Waals surface area (Å²) in [5, 5.41) is 16.8. The monoisotopic (exact) mass is 476 g/mol. The molecule has 3 amide bonds. The second kappa shape index (κ2) is 12.6. The average Bonchev–Trinajstić information content (AvgIpc) is 3.29. The number of carboxylic acids is 1. The number of aromatic amines is 1. The van der Waals surface area contributed by atoms with Gasteiger partial charge in [0, 0.05) is 30.5 Å². The molecule has 7 N–H and O–H groups in total. The summed E-state index contributed by atoms with van der Waals surface area (Å²) in [6, 6.07) is 4.70. The maximum absolute atomic E-state index is 13.1. The maximum Gasteiger partial charge on any atom is 0.327 e. The lowest BCUT2D eigenvalue weighted by atomic mass is 10.0. The third-order valence-corrected chi connectivity index (χ3v) is 5.10. The van der Waals surface area contributed by atoms with Gasteiger partial charge in [0.05, 0.1) is 12.4 Å². The number of imidazole rings is 1. The minimum Gasteiger partial charge on any atom is -0.480 e. The van der Waals surface area contributed by atoms with E-state index in [4.69, 9.17) is 5.73 Å². The van der Waals surface area contributed by atoms with Crippen molar-refractivity contribution in [2.75, 3.05) is 5.75 Å². The Morgan fingerprint density at radius 1 is 1.00 bits per heavy atom. The van der Waals surface area contributed by atoms with Crippen molar-refractivity contribution in [1.29, 1.82) is 0 Å². The van der Waals surface area contributed by atoms with Crippen molar-refractivity contribution in [1.82, 2.24) is 25.9 Å². The second-order valence-electron chi connectivity index (χ2n) is 7.46. The fourth-order valence-electron chi connectivity index (χ4n) is 2.92. The van der Waals surface area contributed by atoms with Gasteiger partial charge >= 0.3 is 5.97 Å². The van der Waals surface area contributed by atoms with E-state index in [0.29, 0.717) is 5.69 Å². The van der Waals surface area contributed by atoms with Gasteiger partial charge in [0.2, 0.25) is 17.7 Å². The first-order chi connectivity index (χ1) is 15.7. The van der Waals surface area contributed by atoms with Crippen LogP contribution in [0.3, 0.4) is 0 Å². The number of hydrogen-bond acceptors (Lipinski definition) is 7.